The van der Waals surface area contributed by atoms with Crippen LogP contribution in [0.15, 0.2) is 30.3 Å². The first-order chi connectivity index (χ1) is 9.49. The molecule has 0 heterocycles. The minimum absolute atomic E-state index is 0.0880. The highest BCUT2D eigenvalue weighted by atomic mass is 32.2. The van der Waals surface area contributed by atoms with Crippen LogP contribution in [0, 0.1) is 0 Å². The molecule has 2 amide bonds. The SMILES string of the molecule is CC(CNC(=O)NCC(O)Cc1ccccc1)S(C)=O. The van der Waals surface area contributed by atoms with Crippen LogP contribution in [0.5, 0.6) is 0 Å². The molecule has 0 spiro atoms. The van der Waals surface area contributed by atoms with E-state index in [9.17, 15) is 14.1 Å². The zero-order valence-corrected chi connectivity index (χ0v) is 12.7. The zero-order chi connectivity index (χ0) is 15.0. The molecule has 3 unspecified atom stereocenters. The van der Waals surface area contributed by atoms with E-state index in [4.69, 9.17) is 0 Å². The molecule has 6 heteroatoms. The predicted octanol–water partition coefficient (Wildman–Crippen LogP) is 0.656. The third-order valence-electron chi connectivity index (χ3n) is 2.93. The van der Waals surface area contributed by atoms with E-state index in [2.05, 4.69) is 10.6 Å². The molecule has 0 fully saturated rings. The van der Waals surface area contributed by atoms with E-state index in [0.717, 1.165) is 5.56 Å². The van der Waals surface area contributed by atoms with Gasteiger partial charge in [0.2, 0.25) is 0 Å². The average molecular weight is 298 g/mol. The molecule has 0 bridgehead atoms. The first-order valence-electron chi connectivity index (χ1n) is 6.55. The Morgan fingerprint density at radius 1 is 1.25 bits per heavy atom. The van der Waals surface area contributed by atoms with Crippen LogP contribution >= 0.6 is 0 Å². The molecule has 1 rings (SSSR count). The highest BCUT2D eigenvalue weighted by Gasteiger charge is 2.10. The molecule has 3 atom stereocenters. The van der Waals surface area contributed by atoms with Crippen molar-refractivity contribution in [3.05, 3.63) is 35.9 Å². The Kier molecular flexibility index (Phi) is 7.25. The molecule has 1 aromatic carbocycles. The molecule has 0 saturated carbocycles. The van der Waals surface area contributed by atoms with Crippen LogP contribution in [0.4, 0.5) is 4.79 Å². The van der Waals surface area contributed by atoms with Gasteiger partial charge in [-0.3, -0.25) is 4.21 Å². The summed E-state index contributed by atoms with van der Waals surface area (Å²) in [6.45, 7) is 2.34. The fourth-order valence-electron chi connectivity index (χ4n) is 1.59. The molecule has 0 saturated heterocycles. The van der Waals surface area contributed by atoms with Crippen molar-refractivity contribution in [3.8, 4) is 0 Å². The van der Waals surface area contributed by atoms with Crippen molar-refractivity contribution in [2.24, 2.45) is 0 Å². The smallest absolute Gasteiger partial charge is 0.314 e. The molecule has 5 nitrogen and oxygen atoms in total. The third-order valence-corrected chi connectivity index (χ3v) is 4.23. The number of carbonyl (C=O) groups excluding carboxylic acids is 1. The summed E-state index contributed by atoms with van der Waals surface area (Å²) in [5.41, 5.74) is 1.03. The number of rotatable bonds is 7. The summed E-state index contributed by atoms with van der Waals surface area (Å²) in [5.74, 6) is 0. The lowest BCUT2D eigenvalue weighted by molar-refractivity contribution is 0.170. The maximum Gasteiger partial charge on any atom is 0.314 e. The number of aliphatic hydroxyl groups excluding tert-OH is 1. The highest BCUT2D eigenvalue weighted by molar-refractivity contribution is 7.84. The van der Waals surface area contributed by atoms with Crippen molar-refractivity contribution >= 4 is 16.8 Å². The van der Waals surface area contributed by atoms with Gasteiger partial charge in [0, 0.05) is 41.8 Å². The summed E-state index contributed by atoms with van der Waals surface area (Å²) in [5, 5.41) is 15.0. The minimum atomic E-state index is -0.958. The van der Waals surface area contributed by atoms with E-state index in [1.165, 1.54) is 0 Å². The number of urea groups is 1. The van der Waals surface area contributed by atoms with Crippen molar-refractivity contribution in [2.45, 2.75) is 24.7 Å². The molecule has 1 aromatic rings. The summed E-state index contributed by atoms with van der Waals surface area (Å²) in [4.78, 5) is 11.5. The third kappa shape index (κ3) is 6.68. The van der Waals surface area contributed by atoms with Crippen LogP contribution in [0.1, 0.15) is 12.5 Å². The number of aliphatic hydroxyl groups is 1. The molecule has 0 aliphatic rings. The standard InChI is InChI=1S/C14H22N2O3S/c1-11(20(2)19)9-15-14(18)16-10-13(17)8-12-6-4-3-5-7-12/h3-7,11,13,17H,8-10H2,1-2H3,(H2,15,16,18). The topological polar surface area (TPSA) is 78.4 Å². The Labute approximate surface area is 122 Å². The number of benzene rings is 1. The summed E-state index contributed by atoms with van der Waals surface area (Å²) in [7, 11) is -0.958. The van der Waals surface area contributed by atoms with Gasteiger partial charge in [-0.1, -0.05) is 30.3 Å². The van der Waals surface area contributed by atoms with E-state index in [0.29, 0.717) is 13.0 Å². The quantitative estimate of drug-likeness (QED) is 0.692. The van der Waals surface area contributed by atoms with Crippen LogP contribution in [-0.2, 0) is 17.2 Å². The van der Waals surface area contributed by atoms with Crippen molar-refractivity contribution < 1.29 is 14.1 Å². The molecule has 0 aliphatic carbocycles. The molecule has 0 radical (unpaired) electrons. The summed E-state index contributed by atoms with van der Waals surface area (Å²) >= 11 is 0. The van der Waals surface area contributed by atoms with E-state index in [1.807, 2.05) is 30.3 Å². The van der Waals surface area contributed by atoms with Gasteiger partial charge in [-0.25, -0.2) is 4.79 Å². The lowest BCUT2D eigenvalue weighted by Crippen LogP contribution is -2.43. The minimum Gasteiger partial charge on any atom is -0.391 e. The van der Waals surface area contributed by atoms with Crippen molar-refractivity contribution in [3.63, 3.8) is 0 Å². The fraction of sp³-hybridized carbons (Fsp3) is 0.500. The van der Waals surface area contributed by atoms with E-state index in [1.54, 1.807) is 13.2 Å². The van der Waals surface area contributed by atoms with Gasteiger partial charge < -0.3 is 15.7 Å². The van der Waals surface area contributed by atoms with Crippen LogP contribution < -0.4 is 10.6 Å². The van der Waals surface area contributed by atoms with Gasteiger partial charge >= 0.3 is 6.03 Å². The van der Waals surface area contributed by atoms with Gasteiger partial charge in [0.15, 0.2) is 0 Å². The molecular weight excluding hydrogens is 276 g/mol. The average Bonchev–Trinajstić information content (AvgIpc) is 2.43. The lowest BCUT2D eigenvalue weighted by atomic mass is 10.1. The molecule has 20 heavy (non-hydrogen) atoms. The van der Waals surface area contributed by atoms with Gasteiger partial charge in [-0.05, 0) is 12.5 Å². The second kappa shape index (κ2) is 8.71. The van der Waals surface area contributed by atoms with Crippen molar-refractivity contribution in [1.29, 1.82) is 0 Å². The molecular formula is C14H22N2O3S. The Morgan fingerprint density at radius 2 is 1.85 bits per heavy atom. The van der Waals surface area contributed by atoms with Gasteiger partial charge in [-0.2, -0.15) is 0 Å². The second-order valence-corrected chi connectivity index (χ2v) is 6.55. The predicted molar refractivity (Wildman–Crippen MR) is 81.1 cm³/mol. The molecule has 0 aromatic heterocycles. The molecule has 3 N–H and O–H groups in total. The number of amides is 2. The maximum atomic E-state index is 11.5. The van der Waals surface area contributed by atoms with Crippen molar-refractivity contribution in [2.75, 3.05) is 19.3 Å². The largest absolute Gasteiger partial charge is 0.391 e. The summed E-state index contributed by atoms with van der Waals surface area (Å²) < 4.78 is 11.1. The van der Waals surface area contributed by atoms with E-state index < -0.39 is 16.9 Å². The van der Waals surface area contributed by atoms with Gasteiger partial charge in [-0.15, -0.1) is 0 Å². The number of carbonyl (C=O) groups is 1. The van der Waals surface area contributed by atoms with E-state index in [-0.39, 0.29) is 17.8 Å². The van der Waals surface area contributed by atoms with E-state index >= 15 is 0 Å². The highest BCUT2D eigenvalue weighted by Crippen LogP contribution is 2.02. The van der Waals surface area contributed by atoms with Gasteiger partial charge in [0.1, 0.15) is 0 Å². The summed E-state index contributed by atoms with van der Waals surface area (Å²) in [6, 6.07) is 9.25. The first-order valence-corrected chi connectivity index (χ1v) is 8.17. The monoisotopic (exact) mass is 298 g/mol. The Hall–Kier alpha value is -1.40. The van der Waals surface area contributed by atoms with Crippen LogP contribution in [0.2, 0.25) is 0 Å². The Morgan fingerprint density at radius 3 is 2.45 bits per heavy atom. The maximum absolute atomic E-state index is 11.5. The van der Waals surface area contributed by atoms with Crippen LogP contribution in [-0.4, -0.2) is 46.0 Å². The Bertz CT molecular complexity index is 439. The summed E-state index contributed by atoms with van der Waals surface area (Å²) in [6.07, 6.45) is 1.48. The van der Waals surface area contributed by atoms with Gasteiger partial charge in [0.05, 0.1) is 6.10 Å². The first kappa shape index (κ1) is 16.7. The number of hydrogen-bond donors (Lipinski definition) is 3. The zero-order valence-electron chi connectivity index (χ0n) is 11.8. The fourth-order valence-corrected chi connectivity index (χ4v) is 1.90. The second-order valence-electron chi connectivity index (χ2n) is 4.74. The normalized spacial score (nSPS) is 15.2. The number of hydrogen-bond acceptors (Lipinski definition) is 3. The molecule has 112 valence electrons. The van der Waals surface area contributed by atoms with Crippen LogP contribution in [0.25, 0.3) is 0 Å². The lowest BCUT2D eigenvalue weighted by Gasteiger charge is -2.14. The Balaban J connectivity index is 2.22. The van der Waals surface area contributed by atoms with Crippen LogP contribution in [0.3, 0.4) is 0 Å². The van der Waals surface area contributed by atoms with Gasteiger partial charge in [0.25, 0.3) is 0 Å². The molecule has 0 aliphatic heterocycles. The number of nitrogens with one attached hydrogen (secondary N) is 2. The van der Waals surface area contributed by atoms with Crippen molar-refractivity contribution in [1.82, 2.24) is 10.6 Å².